The molecule has 0 aliphatic rings. The number of benzene rings is 1. The molecule has 0 aliphatic carbocycles. The van der Waals surface area contributed by atoms with Crippen LogP contribution in [-0.2, 0) is 11.2 Å². The molecule has 1 aromatic rings. The van der Waals surface area contributed by atoms with Crippen molar-refractivity contribution in [2.45, 2.75) is 6.42 Å². The lowest BCUT2D eigenvalue weighted by molar-refractivity contribution is -0.384. The van der Waals surface area contributed by atoms with Gasteiger partial charge in [0.1, 0.15) is 5.69 Å². The monoisotopic (exact) mass is 196 g/mol. The van der Waals surface area contributed by atoms with Crippen molar-refractivity contribution in [1.29, 1.82) is 0 Å². The van der Waals surface area contributed by atoms with E-state index in [9.17, 15) is 10.1 Å². The van der Waals surface area contributed by atoms with Crippen molar-refractivity contribution in [3.05, 3.63) is 33.9 Å². The number of methoxy groups -OCH3 is 1. The molecular formula is C9H12N2O3. The summed E-state index contributed by atoms with van der Waals surface area (Å²) < 4.78 is 4.88. The van der Waals surface area contributed by atoms with Crippen LogP contribution in [0.2, 0.25) is 0 Å². The van der Waals surface area contributed by atoms with Crippen molar-refractivity contribution in [3.8, 4) is 0 Å². The lowest BCUT2D eigenvalue weighted by Crippen LogP contribution is -1.99. The zero-order valence-electron chi connectivity index (χ0n) is 7.90. The Labute approximate surface area is 81.6 Å². The fraction of sp³-hybridized carbons (Fsp3) is 0.333. The number of nitrogens with zero attached hydrogens (tertiary/aromatic N) is 1. The number of hydrogen-bond acceptors (Lipinski definition) is 4. The molecule has 0 amide bonds. The van der Waals surface area contributed by atoms with E-state index >= 15 is 0 Å². The van der Waals surface area contributed by atoms with Crippen molar-refractivity contribution in [1.82, 2.24) is 0 Å². The minimum atomic E-state index is -0.481. The van der Waals surface area contributed by atoms with E-state index in [1.165, 1.54) is 6.07 Å². The van der Waals surface area contributed by atoms with Gasteiger partial charge in [-0.1, -0.05) is 6.07 Å². The topological polar surface area (TPSA) is 78.4 Å². The summed E-state index contributed by atoms with van der Waals surface area (Å²) >= 11 is 0. The zero-order chi connectivity index (χ0) is 10.6. The second-order valence-corrected chi connectivity index (χ2v) is 2.89. The number of nitro benzene ring substituents is 1. The highest BCUT2D eigenvalue weighted by molar-refractivity contribution is 5.59. The Morgan fingerprint density at radius 3 is 2.86 bits per heavy atom. The summed E-state index contributed by atoms with van der Waals surface area (Å²) in [5, 5.41) is 10.5. The molecule has 2 N–H and O–H groups in total. The second kappa shape index (κ2) is 4.57. The Morgan fingerprint density at radius 1 is 1.57 bits per heavy atom. The van der Waals surface area contributed by atoms with Crippen molar-refractivity contribution >= 4 is 11.4 Å². The third-order valence-electron chi connectivity index (χ3n) is 1.89. The maximum atomic E-state index is 10.5. The van der Waals surface area contributed by atoms with E-state index in [0.717, 1.165) is 5.56 Å². The quantitative estimate of drug-likeness (QED) is 0.448. The molecule has 0 heterocycles. The van der Waals surface area contributed by atoms with E-state index in [4.69, 9.17) is 10.5 Å². The summed E-state index contributed by atoms with van der Waals surface area (Å²) in [5.74, 6) is 0. The van der Waals surface area contributed by atoms with Gasteiger partial charge in [0.15, 0.2) is 0 Å². The van der Waals surface area contributed by atoms with Gasteiger partial charge in [-0.25, -0.2) is 0 Å². The highest BCUT2D eigenvalue weighted by Gasteiger charge is 2.11. The lowest BCUT2D eigenvalue weighted by Gasteiger charge is -2.02. The summed E-state index contributed by atoms with van der Waals surface area (Å²) in [6, 6.07) is 4.79. The van der Waals surface area contributed by atoms with Crippen LogP contribution in [0.15, 0.2) is 18.2 Å². The third kappa shape index (κ3) is 2.43. The summed E-state index contributed by atoms with van der Waals surface area (Å²) in [7, 11) is 1.59. The smallest absolute Gasteiger partial charge is 0.292 e. The van der Waals surface area contributed by atoms with E-state index in [0.29, 0.717) is 13.0 Å². The highest BCUT2D eigenvalue weighted by atomic mass is 16.6. The van der Waals surface area contributed by atoms with Crippen LogP contribution in [0.5, 0.6) is 0 Å². The fourth-order valence-electron chi connectivity index (χ4n) is 1.12. The van der Waals surface area contributed by atoms with Crippen molar-refractivity contribution in [2.75, 3.05) is 19.5 Å². The van der Waals surface area contributed by atoms with Crippen molar-refractivity contribution < 1.29 is 9.66 Å². The van der Waals surface area contributed by atoms with Crippen LogP contribution in [0.25, 0.3) is 0 Å². The molecule has 76 valence electrons. The van der Waals surface area contributed by atoms with E-state index in [1.54, 1.807) is 19.2 Å². The van der Waals surface area contributed by atoms with Gasteiger partial charge < -0.3 is 10.5 Å². The SMILES string of the molecule is COCCc1ccc(N)c([N+](=O)[O-])c1. The van der Waals surface area contributed by atoms with Gasteiger partial charge in [-0.15, -0.1) is 0 Å². The molecule has 0 fully saturated rings. The average molecular weight is 196 g/mol. The van der Waals surface area contributed by atoms with Gasteiger partial charge in [0.2, 0.25) is 0 Å². The molecule has 0 aromatic heterocycles. The van der Waals surface area contributed by atoms with E-state index in [-0.39, 0.29) is 11.4 Å². The predicted molar refractivity (Wildman–Crippen MR) is 53.1 cm³/mol. The number of nitrogens with two attached hydrogens (primary N) is 1. The van der Waals surface area contributed by atoms with Crippen LogP contribution in [0.1, 0.15) is 5.56 Å². The van der Waals surface area contributed by atoms with Gasteiger partial charge >= 0.3 is 0 Å². The molecule has 0 bridgehead atoms. The van der Waals surface area contributed by atoms with Crippen molar-refractivity contribution in [2.24, 2.45) is 0 Å². The normalized spacial score (nSPS) is 10.1. The molecule has 0 saturated carbocycles. The number of ether oxygens (including phenoxy) is 1. The van der Waals surface area contributed by atoms with E-state index in [1.807, 2.05) is 0 Å². The molecular weight excluding hydrogens is 184 g/mol. The highest BCUT2D eigenvalue weighted by Crippen LogP contribution is 2.22. The Kier molecular flexibility index (Phi) is 3.41. The Hall–Kier alpha value is -1.62. The Morgan fingerprint density at radius 2 is 2.29 bits per heavy atom. The number of nitro groups is 1. The summed E-state index contributed by atoms with van der Waals surface area (Å²) in [4.78, 5) is 10.1. The van der Waals surface area contributed by atoms with E-state index < -0.39 is 4.92 Å². The van der Waals surface area contributed by atoms with Gasteiger partial charge in [0, 0.05) is 13.2 Å². The van der Waals surface area contributed by atoms with Crippen LogP contribution in [0.4, 0.5) is 11.4 Å². The second-order valence-electron chi connectivity index (χ2n) is 2.89. The first kappa shape index (κ1) is 10.5. The Balaban J connectivity index is 2.89. The minimum Gasteiger partial charge on any atom is -0.393 e. The molecule has 0 atom stereocenters. The predicted octanol–water partition coefficient (Wildman–Crippen LogP) is 1.37. The molecule has 0 radical (unpaired) electrons. The lowest BCUT2D eigenvalue weighted by atomic mass is 10.1. The summed E-state index contributed by atoms with van der Waals surface area (Å²) in [5.41, 5.74) is 6.45. The Bertz CT molecular complexity index is 339. The molecule has 5 heteroatoms. The van der Waals surface area contributed by atoms with Crippen LogP contribution >= 0.6 is 0 Å². The molecule has 5 nitrogen and oxygen atoms in total. The molecule has 0 spiro atoms. The van der Waals surface area contributed by atoms with Gasteiger partial charge in [0.25, 0.3) is 5.69 Å². The molecule has 1 aromatic carbocycles. The fourth-order valence-corrected chi connectivity index (χ4v) is 1.12. The van der Waals surface area contributed by atoms with Crippen LogP contribution in [-0.4, -0.2) is 18.6 Å². The van der Waals surface area contributed by atoms with Gasteiger partial charge in [-0.3, -0.25) is 10.1 Å². The van der Waals surface area contributed by atoms with E-state index in [2.05, 4.69) is 0 Å². The minimum absolute atomic E-state index is 0.0430. The van der Waals surface area contributed by atoms with Crippen LogP contribution < -0.4 is 5.73 Å². The first-order valence-electron chi connectivity index (χ1n) is 4.17. The van der Waals surface area contributed by atoms with Crippen molar-refractivity contribution in [3.63, 3.8) is 0 Å². The molecule has 0 unspecified atom stereocenters. The average Bonchev–Trinajstić information content (AvgIpc) is 2.16. The maximum Gasteiger partial charge on any atom is 0.292 e. The van der Waals surface area contributed by atoms with Gasteiger partial charge in [0.05, 0.1) is 11.5 Å². The summed E-state index contributed by atoms with van der Waals surface area (Å²) in [6.07, 6.45) is 0.650. The number of anilines is 1. The molecule has 0 saturated heterocycles. The first-order chi connectivity index (χ1) is 6.65. The van der Waals surface area contributed by atoms with Crippen LogP contribution in [0, 0.1) is 10.1 Å². The number of nitrogen functional groups attached to an aromatic ring is 1. The number of hydrogen-bond donors (Lipinski definition) is 1. The van der Waals surface area contributed by atoms with Gasteiger partial charge in [-0.05, 0) is 18.1 Å². The first-order valence-corrected chi connectivity index (χ1v) is 4.17. The molecule has 0 aliphatic heterocycles. The number of rotatable bonds is 4. The zero-order valence-corrected chi connectivity index (χ0v) is 7.90. The largest absolute Gasteiger partial charge is 0.393 e. The standard InChI is InChI=1S/C9H12N2O3/c1-14-5-4-7-2-3-8(10)9(6-7)11(12)13/h2-3,6H,4-5,10H2,1H3. The maximum absolute atomic E-state index is 10.5. The third-order valence-corrected chi connectivity index (χ3v) is 1.89. The summed E-state index contributed by atoms with van der Waals surface area (Å²) in [6.45, 7) is 0.543. The molecule has 1 rings (SSSR count). The molecule has 14 heavy (non-hydrogen) atoms. The van der Waals surface area contributed by atoms with Gasteiger partial charge in [-0.2, -0.15) is 0 Å². The van der Waals surface area contributed by atoms with Crippen LogP contribution in [0.3, 0.4) is 0 Å².